The first kappa shape index (κ1) is 14.3. The monoisotopic (exact) mass is 317 g/mol. The standard InChI is InChI=1S/C17H20BrN/c1-4-13-6-5-7-14(10-13)17(19)15-8-11(2)16(18)12(3)9-15/h5-10,17H,4,19H2,1-3H3. The lowest BCUT2D eigenvalue weighted by atomic mass is 9.95. The zero-order valence-electron chi connectivity index (χ0n) is 11.7. The van der Waals surface area contributed by atoms with Crippen LogP contribution in [0.5, 0.6) is 0 Å². The second kappa shape index (κ2) is 5.89. The number of aryl methyl sites for hydroxylation is 3. The van der Waals surface area contributed by atoms with Gasteiger partial charge in [-0.3, -0.25) is 0 Å². The van der Waals surface area contributed by atoms with Crippen molar-refractivity contribution in [1.29, 1.82) is 0 Å². The molecule has 0 spiro atoms. The zero-order valence-corrected chi connectivity index (χ0v) is 13.3. The van der Waals surface area contributed by atoms with Crippen LogP contribution in [0.1, 0.15) is 40.8 Å². The minimum absolute atomic E-state index is 0.0583. The minimum Gasteiger partial charge on any atom is -0.320 e. The fourth-order valence-corrected chi connectivity index (χ4v) is 2.59. The van der Waals surface area contributed by atoms with Crippen LogP contribution in [0.3, 0.4) is 0 Å². The minimum atomic E-state index is -0.0583. The van der Waals surface area contributed by atoms with Crippen LogP contribution in [0.25, 0.3) is 0 Å². The lowest BCUT2D eigenvalue weighted by molar-refractivity contribution is 0.863. The van der Waals surface area contributed by atoms with Crippen LogP contribution < -0.4 is 5.73 Å². The van der Waals surface area contributed by atoms with Crippen molar-refractivity contribution in [1.82, 2.24) is 0 Å². The second-order valence-corrected chi connectivity index (χ2v) is 5.84. The molecule has 0 radical (unpaired) electrons. The Morgan fingerprint density at radius 3 is 2.26 bits per heavy atom. The summed E-state index contributed by atoms with van der Waals surface area (Å²) in [4.78, 5) is 0. The van der Waals surface area contributed by atoms with Gasteiger partial charge in [0, 0.05) is 4.47 Å². The van der Waals surface area contributed by atoms with Crippen molar-refractivity contribution in [3.8, 4) is 0 Å². The molecule has 100 valence electrons. The maximum Gasteiger partial charge on any atom is 0.0551 e. The summed E-state index contributed by atoms with van der Waals surface area (Å²) in [6, 6.07) is 12.8. The van der Waals surface area contributed by atoms with E-state index in [1.54, 1.807) is 0 Å². The van der Waals surface area contributed by atoms with Crippen LogP contribution in [0, 0.1) is 13.8 Å². The number of nitrogens with two attached hydrogens (primary N) is 1. The van der Waals surface area contributed by atoms with Crippen LogP contribution in [0.4, 0.5) is 0 Å². The van der Waals surface area contributed by atoms with Crippen molar-refractivity contribution in [2.24, 2.45) is 5.73 Å². The Balaban J connectivity index is 2.40. The van der Waals surface area contributed by atoms with E-state index in [0.29, 0.717) is 0 Å². The van der Waals surface area contributed by atoms with Crippen molar-refractivity contribution in [2.75, 3.05) is 0 Å². The van der Waals surface area contributed by atoms with Crippen molar-refractivity contribution < 1.29 is 0 Å². The van der Waals surface area contributed by atoms with Crippen LogP contribution in [0.15, 0.2) is 40.9 Å². The first-order chi connectivity index (χ1) is 9.02. The van der Waals surface area contributed by atoms with E-state index in [2.05, 4.69) is 73.1 Å². The van der Waals surface area contributed by atoms with Gasteiger partial charge in [-0.15, -0.1) is 0 Å². The first-order valence-corrected chi connectivity index (χ1v) is 7.43. The van der Waals surface area contributed by atoms with Crippen LogP contribution in [0.2, 0.25) is 0 Å². The smallest absolute Gasteiger partial charge is 0.0551 e. The first-order valence-electron chi connectivity index (χ1n) is 6.64. The molecule has 0 amide bonds. The third kappa shape index (κ3) is 3.07. The normalized spacial score (nSPS) is 12.5. The molecule has 0 saturated heterocycles. The number of hydrogen-bond acceptors (Lipinski definition) is 1. The quantitative estimate of drug-likeness (QED) is 0.874. The van der Waals surface area contributed by atoms with E-state index in [0.717, 1.165) is 6.42 Å². The van der Waals surface area contributed by atoms with Gasteiger partial charge in [0.1, 0.15) is 0 Å². The number of hydrogen-bond donors (Lipinski definition) is 1. The van der Waals surface area contributed by atoms with Gasteiger partial charge in [0.05, 0.1) is 6.04 Å². The van der Waals surface area contributed by atoms with Crippen molar-refractivity contribution >= 4 is 15.9 Å². The zero-order chi connectivity index (χ0) is 14.0. The molecule has 2 aromatic carbocycles. The van der Waals surface area contributed by atoms with Gasteiger partial charge in [-0.25, -0.2) is 0 Å². The molecule has 2 heteroatoms. The summed E-state index contributed by atoms with van der Waals surface area (Å²) in [5.41, 5.74) is 12.6. The fraction of sp³-hybridized carbons (Fsp3) is 0.294. The van der Waals surface area contributed by atoms with E-state index in [-0.39, 0.29) is 6.04 Å². The van der Waals surface area contributed by atoms with Gasteiger partial charge in [0.2, 0.25) is 0 Å². The molecular weight excluding hydrogens is 298 g/mol. The summed E-state index contributed by atoms with van der Waals surface area (Å²) in [7, 11) is 0. The van der Waals surface area contributed by atoms with E-state index in [4.69, 9.17) is 5.73 Å². The lowest BCUT2D eigenvalue weighted by Crippen LogP contribution is -2.12. The Hall–Kier alpha value is -1.12. The maximum atomic E-state index is 6.41. The molecule has 1 nitrogen and oxygen atoms in total. The molecule has 0 saturated carbocycles. The van der Waals surface area contributed by atoms with Crippen molar-refractivity contribution in [2.45, 2.75) is 33.2 Å². The third-order valence-corrected chi connectivity index (χ3v) is 4.79. The van der Waals surface area contributed by atoms with Crippen molar-refractivity contribution in [3.63, 3.8) is 0 Å². The highest BCUT2D eigenvalue weighted by atomic mass is 79.9. The predicted molar refractivity (Wildman–Crippen MR) is 85.5 cm³/mol. The fourth-order valence-electron chi connectivity index (χ4n) is 2.36. The molecule has 19 heavy (non-hydrogen) atoms. The summed E-state index contributed by atoms with van der Waals surface area (Å²) >= 11 is 3.60. The summed E-state index contributed by atoms with van der Waals surface area (Å²) < 4.78 is 1.17. The molecular formula is C17H20BrN. The average molecular weight is 318 g/mol. The summed E-state index contributed by atoms with van der Waals surface area (Å²) in [6.07, 6.45) is 1.04. The molecule has 0 heterocycles. The second-order valence-electron chi connectivity index (χ2n) is 5.04. The molecule has 0 aromatic heterocycles. The topological polar surface area (TPSA) is 26.0 Å². The van der Waals surface area contributed by atoms with Crippen LogP contribution >= 0.6 is 15.9 Å². The molecule has 0 aliphatic rings. The molecule has 0 aliphatic heterocycles. The number of halogens is 1. The lowest BCUT2D eigenvalue weighted by Gasteiger charge is -2.16. The SMILES string of the molecule is CCc1cccc(C(N)c2cc(C)c(Br)c(C)c2)c1. The van der Waals surface area contributed by atoms with E-state index in [1.165, 1.54) is 32.3 Å². The van der Waals surface area contributed by atoms with E-state index < -0.39 is 0 Å². The predicted octanol–water partition coefficient (Wildman–Crippen LogP) is 4.68. The van der Waals surface area contributed by atoms with Gasteiger partial charge in [-0.2, -0.15) is 0 Å². The van der Waals surface area contributed by atoms with Gasteiger partial charge >= 0.3 is 0 Å². The molecule has 2 aromatic rings. The Labute approximate surface area is 124 Å². The Morgan fingerprint density at radius 2 is 1.68 bits per heavy atom. The molecule has 2 N–H and O–H groups in total. The van der Waals surface area contributed by atoms with Gasteiger partial charge < -0.3 is 5.73 Å². The molecule has 0 bridgehead atoms. The molecule has 1 unspecified atom stereocenters. The Kier molecular flexibility index (Phi) is 4.43. The maximum absolute atomic E-state index is 6.41. The Morgan fingerprint density at radius 1 is 1.05 bits per heavy atom. The number of benzene rings is 2. The summed E-state index contributed by atoms with van der Waals surface area (Å²) in [5.74, 6) is 0. The van der Waals surface area contributed by atoms with E-state index in [1.807, 2.05) is 0 Å². The molecule has 0 aliphatic carbocycles. The third-order valence-electron chi connectivity index (χ3n) is 3.54. The van der Waals surface area contributed by atoms with Gasteiger partial charge in [-0.05, 0) is 48.1 Å². The van der Waals surface area contributed by atoms with E-state index in [9.17, 15) is 0 Å². The van der Waals surface area contributed by atoms with Gasteiger partial charge in [0.15, 0.2) is 0 Å². The molecule has 0 fully saturated rings. The Bertz CT molecular complexity index is 567. The van der Waals surface area contributed by atoms with Gasteiger partial charge in [0.25, 0.3) is 0 Å². The largest absolute Gasteiger partial charge is 0.320 e. The molecule has 1 atom stereocenters. The highest BCUT2D eigenvalue weighted by Crippen LogP contribution is 2.28. The average Bonchev–Trinajstić information content (AvgIpc) is 2.43. The summed E-state index contributed by atoms with van der Waals surface area (Å²) in [6.45, 7) is 6.38. The van der Waals surface area contributed by atoms with Crippen molar-refractivity contribution in [3.05, 3.63) is 68.7 Å². The van der Waals surface area contributed by atoms with Crippen LogP contribution in [-0.4, -0.2) is 0 Å². The highest BCUT2D eigenvalue weighted by Gasteiger charge is 2.12. The number of rotatable bonds is 3. The van der Waals surface area contributed by atoms with Crippen LogP contribution in [-0.2, 0) is 6.42 Å². The van der Waals surface area contributed by atoms with Gasteiger partial charge in [-0.1, -0.05) is 59.3 Å². The highest BCUT2D eigenvalue weighted by molar-refractivity contribution is 9.10. The summed E-state index contributed by atoms with van der Waals surface area (Å²) in [5, 5.41) is 0. The molecule has 2 rings (SSSR count). The van der Waals surface area contributed by atoms with E-state index >= 15 is 0 Å².